The van der Waals surface area contributed by atoms with Crippen LogP contribution in [0, 0.1) is 6.92 Å². The lowest BCUT2D eigenvalue weighted by Crippen LogP contribution is -2.37. The summed E-state index contributed by atoms with van der Waals surface area (Å²) in [5, 5.41) is 7.93. The van der Waals surface area contributed by atoms with Crippen molar-refractivity contribution in [3.63, 3.8) is 0 Å². The molecule has 0 radical (unpaired) electrons. The number of carbonyl (C=O) groups excluding carboxylic acids is 1. The Morgan fingerprint density at radius 2 is 2.00 bits per heavy atom. The Balaban J connectivity index is 1.50. The van der Waals surface area contributed by atoms with Gasteiger partial charge in [0.1, 0.15) is 16.8 Å². The SMILES string of the molecule is Cc1cc(NC(=O)C(c2ccccc2)N2CCCC2c2nc3ccccc3s2)no1. The van der Waals surface area contributed by atoms with Crippen LogP contribution in [0.4, 0.5) is 5.82 Å². The molecule has 30 heavy (non-hydrogen) atoms. The minimum absolute atomic E-state index is 0.109. The maximum atomic E-state index is 13.4. The van der Waals surface area contributed by atoms with E-state index in [1.165, 1.54) is 4.70 Å². The summed E-state index contributed by atoms with van der Waals surface area (Å²) in [6.07, 6.45) is 2.01. The van der Waals surface area contributed by atoms with Gasteiger partial charge in [-0.05, 0) is 37.5 Å². The molecule has 152 valence electrons. The number of aryl methyl sites for hydroxylation is 1. The highest BCUT2D eigenvalue weighted by molar-refractivity contribution is 7.18. The van der Waals surface area contributed by atoms with Crippen LogP contribution in [-0.4, -0.2) is 27.5 Å². The number of rotatable bonds is 5. The van der Waals surface area contributed by atoms with Crippen LogP contribution in [0.25, 0.3) is 10.2 Å². The normalized spacial score (nSPS) is 18.0. The van der Waals surface area contributed by atoms with Crippen LogP contribution in [0.3, 0.4) is 0 Å². The van der Waals surface area contributed by atoms with Crippen molar-refractivity contribution in [1.82, 2.24) is 15.0 Å². The van der Waals surface area contributed by atoms with Gasteiger partial charge < -0.3 is 9.84 Å². The van der Waals surface area contributed by atoms with Crippen LogP contribution >= 0.6 is 11.3 Å². The molecule has 7 heteroatoms. The molecule has 3 heterocycles. The van der Waals surface area contributed by atoms with Gasteiger partial charge in [-0.25, -0.2) is 4.98 Å². The summed E-state index contributed by atoms with van der Waals surface area (Å²) in [6, 6.07) is 19.5. The van der Waals surface area contributed by atoms with E-state index in [0.717, 1.165) is 35.5 Å². The minimum atomic E-state index is -0.428. The van der Waals surface area contributed by atoms with Gasteiger partial charge in [-0.2, -0.15) is 0 Å². The van der Waals surface area contributed by atoms with E-state index < -0.39 is 6.04 Å². The first kappa shape index (κ1) is 19.0. The van der Waals surface area contributed by atoms with Crippen LogP contribution in [0.2, 0.25) is 0 Å². The number of hydrogen-bond donors (Lipinski definition) is 1. The molecule has 4 aromatic rings. The predicted molar refractivity (Wildman–Crippen MR) is 117 cm³/mol. The smallest absolute Gasteiger partial charge is 0.247 e. The van der Waals surface area contributed by atoms with Crippen molar-refractivity contribution in [2.45, 2.75) is 31.8 Å². The van der Waals surface area contributed by atoms with Crippen LogP contribution in [0.5, 0.6) is 0 Å². The fraction of sp³-hybridized carbons (Fsp3) is 0.261. The average Bonchev–Trinajstić information content (AvgIpc) is 3.48. The monoisotopic (exact) mass is 418 g/mol. The number of nitrogens with zero attached hydrogens (tertiary/aromatic N) is 3. The molecule has 1 aliphatic rings. The highest BCUT2D eigenvalue weighted by Gasteiger charge is 2.38. The first-order valence-electron chi connectivity index (χ1n) is 10.1. The second-order valence-electron chi connectivity index (χ2n) is 7.54. The summed E-state index contributed by atoms with van der Waals surface area (Å²) in [7, 11) is 0. The Morgan fingerprint density at radius 3 is 2.77 bits per heavy atom. The maximum Gasteiger partial charge on any atom is 0.247 e. The van der Waals surface area contributed by atoms with Gasteiger partial charge in [-0.15, -0.1) is 11.3 Å². The van der Waals surface area contributed by atoms with Gasteiger partial charge in [0.15, 0.2) is 5.82 Å². The first-order chi connectivity index (χ1) is 14.7. The molecule has 2 atom stereocenters. The highest BCUT2D eigenvalue weighted by atomic mass is 32.1. The number of anilines is 1. The van der Waals surface area contributed by atoms with E-state index in [2.05, 4.69) is 21.4 Å². The third-order valence-electron chi connectivity index (χ3n) is 5.46. The van der Waals surface area contributed by atoms with Gasteiger partial charge in [0.2, 0.25) is 5.91 Å². The number of hydrogen-bond acceptors (Lipinski definition) is 6. The number of fused-ring (bicyclic) bond motifs is 1. The van der Waals surface area contributed by atoms with E-state index in [1.54, 1.807) is 24.3 Å². The molecular weight excluding hydrogens is 396 g/mol. The number of para-hydroxylation sites is 1. The average molecular weight is 419 g/mol. The number of carbonyl (C=O) groups is 1. The zero-order valence-corrected chi connectivity index (χ0v) is 17.4. The standard InChI is InChI=1S/C23H22N4O2S/c1-15-14-20(26-29-15)25-22(28)21(16-8-3-2-4-9-16)27-13-7-11-18(27)23-24-17-10-5-6-12-19(17)30-23/h2-6,8-10,12,14,18,21H,7,11,13H2,1H3,(H,25,26,28). The molecule has 0 saturated carbocycles. The van der Waals surface area contributed by atoms with E-state index in [9.17, 15) is 4.79 Å². The second kappa shape index (κ2) is 8.01. The Labute approximate surface area is 178 Å². The van der Waals surface area contributed by atoms with Crippen molar-refractivity contribution in [2.24, 2.45) is 0 Å². The fourth-order valence-corrected chi connectivity index (χ4v) is 5.27. The van der Waals surface area contributed by atoms with Gasteiger partial charge in [-0.3, -0.25) is 9.69 Å². The lowest BCUT2D eigenvalue weighted by Gasteiger charge is -2.31. The first-order valence-corrected chi connectivity index (χ1v) is 10.9. The van der Waals surface area contributed by atoms with Crippen molar-refractivity contribution in [3.05, 3.63) is 77.0 Å². The number of thiazole rings is 1. The molecule has 0 bridgehead atoms. The summed E-state index contributed by atoms with van der Waals surface area (Å²) in [5.41, 5.74) is 1.98. The number of likely N-dealkylation sites (tertiary alicyclic amines) is 1. The third-order valence-corrected chi connectivity index (χ3v) is 6.60. The quantitative estimate of drug-likeness (QED) is 0.488. The summed E-state index contributed by atoms with van der Waals surface area (Å²) in [4.78, 5) is 20.6. The fourth-order valence-electron chi connectivity index (χ4n) is 4.14. The molecular formula is C23H22N4O2S. The Hall–Kier alpha value is -3.03. The highest BCUT2D eigenvalue weighted by Crippen LogP contribution is 2.41. The third kappa shape index (κ3) is 3.62. The van der Waals surface area contributed by atoms with Crippen LogP contribution in [-0.2, 0) is 4.79 Å². The Kier molecular flexibility index (Phi) is 5.06. The molecule has 1 fully saturated rings. The van der Waals surface area contributed by atoms with E-state index in [4.69, 9.17) is 9.51 Å². The molecule has 1 saturated heterocycles. The Morgan fingerprint density at radius 1 is 1.20 bits per heavy atom. The molecule has 2 aromatic heterocycles. The van der Waals surface area contributed by atoms with Crippen molar-refractivity contribution < 1.29 is 9.32 Å². The number of benzene rings is 2. The maximum absolute atomic E-state index is 13.4. The van der Waals surface area contributed by atoms with Crippen molar-refractivity contribution in [3.8, 4) is 0 Å². The molecule has 1 N–H and O–H groups in total. The van der Waals surface area contributed by atoms with Crippen molar-refractivity contribution >= 4 is 33.3 Å². The molecule has 1 amide bonds. The lowest BCUT2D eigenvalue weighted by atomic mass is 10.0. The Bertz CT molecular complexity index is 1140. The molecule has 0 spiro atoms. The molecule has 2 unspecified atom stereocenters. The molecule has 5 rings (SSSR count). The topological polar surface area (TPSA) is 71.3 Å². The number of aromatic nitrogens is 2. The largest absolute Gasteiger partial charge is 0.360 e. The predicted octanol–water partition coefficient (Wildman–Crippen LogP) is 5.11. The van der Waals surface area contributed by atoms with Crippen LogP contribution < -0.4 is 5.32 Å². The van der Waals surface area contributed by atoms with E-state index >= 15 is 0 Å². The zero-order chi connectivity index (χ0) is 20.5. The van der Waals surface area contributed by atoms with Crippen LogP contribution in [0.15, 0.2) is 65.2 Å². The summed E-state index contributed by atoms with van der Waals surface area (Å²) < 4.78 is 6.29. The number of nitrogens with one attached hydrogen (secondary N) is 1. The minimum Gasteiger partial charge on any atom is -0.360 e. The lowest BCUT2D eigenvalue weighted by molar-refractivity contribution is -0.122. The van der Waals surface area contributed by atoms with Crippen molar-refractivity contribution in [2.75, 3.05) is 11.9 Å². The van der Waals surface area contributed by atoms with Gasteiger partial charge >= 0.3 is 0 Å². The van der Waals surface area contributed by atoms with E-state index in [0.29, 0.717) is 11.6 Å². The van der Waals surface area contributed by atoms with Gasteiger partial charge in [-0.1, -0.05) is 47.6 Å². The molecule has 2 aromatic carbocycles. The molecule has 0 aliphatic carbocycles. The number of amides is 1. The van der Waals surface area contributed by atoms with E-state index in [1.807, 2.05) is 48.5 Å². The van der Waals surface area contributed by atoms with Gasteiger partial charge in [0.25, 0.3) is 0 Å². The van der Waals surface area contributed by atoms with Gasteiger partial charge in [0, 0.05) is 12.6 Å². The molecule has 6 nitrogen and oxygen atoms in total. The summed E-state index contributed by atoms with van der Waals surface area (Å²) in [6.45, 7) is 2.65. The summed E-state index contributed by atoms with van der Waals surface area (Å²) in [5.74, 6) is 0.992. The van der Waals surface area contributed by atoms with E-state index in [-0.39, 0.29) is 11.9 Å². The zero-order valence-electron chi connectivity index (χ0n) is 16.6. The van der Waals surface area contributed by atoms with Crippen molar-refractivity contribution in [1.29, 1.82) is 0 Å². The molecule has 1 aliphatic heterocycles. The summed E-state index contributed by atoms with van der Waals surface area (Å²) >= 11 is 1.72. The van der Waals surface area contributed by atoms with Crippen LogP contribution in [0.1, 0.15) is 41.3 Å². The second-order valence-corrected chi connectivity index (χ2v) is 8.60. The van der Waals surface area contributed by atoms with Gasteiger partial charge in [0.05, 0.1) is 16.3 Å².